The second-order valence-corrected chi connectivity index (χ2v) is 4.71. The van der Waals surface area contributed by atoms with Gasteiger partial charge >= 0.3 is 0 Å². The van der Waals surface area contributed by atoms with Crippen molar-refractivity contribution in [2.24, 2.45) is 5.92 Å². The SMILES string of the molecule is C=CCN(CC=C)C(=O)CSCC(C)CO. The number of nitrogens with zero attached hydrogens (tertiary/aromatic N) is 1. The van der Waals surface area contributed by atoms with Crippen LogP contribution in [0.5, 0.6) is 0 Å². The molecule has 0 aliphatic carbocycles. The Morgan fingerprint density at radius 2 is 2.00 bits per heavy atom. The summed E-state index contributed by atoms with van der Waals surface area (Å²) >= 11 is 1.55. The Morgan fingerprint density at radius 3 is 2.44 bits per heavy atom. The van der Waals surface area contributed by atoms with Gasteiger partial charge in [-0.05, 0) is 11.7 Å². The Kier molecular flexibility index (Phi) is 9.04. The molecule has 92 valence electrons. The van der Waals surface area contributed by atoms with Crippen molar-refractivity contribution in [2.75, 3.05) is 31.2 Å². The molecule has 0 saturated heterocycles. The van der Waals surface area contributed by atoms with Gasteiger partial charge in [-0.2, -0.15) is 11.8 Å². The van der Waals surface area contributed by atoms with Crippen molar-refractivity contribution in [3.8, 4) is 0 Å². The lowest BCUT2D eigenvalue weighted by Crippen LogP contribution is -2.32. The van der Waals surface area contributed by atoms with Gasteiger partial charge in [0.05, 0.1) is 5.75 Å². The fourth-order valence-corrected chi connectivity index (χ4v) is 2.06. The summed E-state index contributed by atoms with van der Waals surface area (Å²) in [5, 5.41) is 8.84. The van der Waals surface area contributed by atoms with E-state index in [0.717, 1.165) is 5.75 Å². The second kappa shape index (κ2) is 9.48. The minimum Gasteiger partial charge on any atom is -0.396 e. The summed E-state index contributed by atoms with van der Waals surface area (Å²) in [7, 11) is 0. The molecule has 1 N–H and O–H groups in total. The maximum absolute atomic E-state index is 11.7. The first-order chi connectivity index (χ1) is 7.65. The van der Waals surface area contributed by atoms with Gasteiger partial charge in [-0.3, -0.25) is 4.79 Å². The number of hydrogen-bond donors (Lipinski definition) is 1. The Labute approximate surface area is 102 Å². The van der Waals surface area contributed by atoms with Gasteiger partial charge in [0.25, 0.3) is 0 Å². The van der Waals surface area contributed by atoms with Crippen LogP contribution in [0.4, 0.5) is 0 Å². The van der Waals surface area contributed by atoms with E-state index in [9.17, 15) is 4.79 Å². The van der Waals surface area contributed by atoms with E-state index in [4.69, 9.17) is 5.11 Å². The van der Waals surface area contributed by atoms with E-state index in [1.807, 2.05) is 6.92 Å². The minimum atomic E-state index is 0.0925. The van der Waals surface area contributed by atoms with Crippen molar-refractivity contribution in [3.05, 3.63) is 25.3 Å². The lowest BCUT2D eigenvalue weighted by Gasteiger charge is -2.19. The number of rotatable bonds is 9. The average Bonchev–Trinajstić information content (AvgIpc) is 2.28. The molecule has 1 unspecified atom stereocenters. The number of aliphatic hydroxyl groups is 1. The first kappa shape index (κ1) is 15.3. The predicted molar refractivity (Wildman–Crippen MR) is 70.5 cm³/mol. The zero-order valence-electron chi connectivity index (χ0n) is 9.89. The first-order valence-corrected chi connectivity index (χ1v) is 6.49. The Hall–Kier alpha value is -0.740. The van der Waals surface area contributed by atoms with Crippen molar-refractivity contribution in [1.29, 1.82) is 0 Å². The fourth-order valence-electron chi connectivity index (χ4n) is 1.08. The van der Waals surface area contributed by atoms with Crippen LogP contribution < -0.4 is 0 Å². The molecule has 16 heavy (non-hydrogen) atoms. The zero-order valence-corrected chi connectivity index (χ0v) is 10.7. The molecule has 0 saturated carbocycles. The van der Waals surface area contributed by atoms with Gasteiger partial charge < -0.3 is 10.0 Å². The van der Waals surface area contributed by atoms with E-state index in [-0.39, 0.29) is 18.4 Å². The van der Waals surface area contributed by atoms with Gasteiger partial charge in [-0.1, -0.05) is 19.1 Å². The normalized spacial score (nSPS) is 11.9. The number of amides is 1. The first-order valence-electron chi connectivity index (χ1n) is 5.33. The number of carbonyl (C=O) groups is 1. The average molecular weight is 243 g/mol. The van der Waals surface area contributed by atoms with E-state index in [0.29, 0.717) is 18.8 Å². The Balaban J connectivity index is 3.90. The topological polar surface area (TPSA) is 40.5 Å². The van der Waals surface area contributed by atoms with Crippen molar-refractivity contribution < 1.29 is 9.90 Å². The van der Waals surface area contributed by atoms with Gasteiger partial charge in [0.2, 0.25) is 5.91 Å². The molecule has 0 rings (SSSR count). The van der Waals surface area contributed by atoms with E-state index >= 15 is 0 Å². The Morgan fingerprint density at radius 1 is 1.44 bits per heavy atom. The fraction of sp³-hybridized carbons (Fsp3) is 0.583. The minimum absolute atomic E-state index is 0.0925. The third kappa shape index (κ3) is 6.69. The summed E-state index contributed by atoms with van der Waals surface area (Å²) in [5.41, 5.74) is 0. The summed E-state index contributed by atoms with van der Waals surface area (Å²) in [4.78, 5) is 13.4. The summed E-state index contributed by atoms with van der Waals surface area (Å²) in [6, 6.07) is 0. The van der Waals surface area contributed by atoms with E-state index in [1.165, 1.54) is 0 Å². The van der Waals surface area contributed by atoms with Crippen LogP contribution in [-0.2, 0) is 4.79 Å². The maximum atomic E-state index is 11.7. The van der Waals surface area contributed by atoms with E-state index in [1.54, 1.807) is 28.8 Å². The van der Waals surface area contributed by atoms with Crippen molar-refractivity contribution in [2.45, 2.75) is 6.92 Å². The molecular weight excluding hydrogens is 222 g/mol. The van der Waals surface area contributed by atoms with Crippen LogP contribution in [0.1, 0.15) is 6.92 Å². The molecule has 1 amide bonds. The molecule has 0 aromatic rings. The molecule has 4 heteroatoms. The highest BCUT2D eigenvalue weighted by atomic mass is 32.2. The predicted octanol–water partition coefficient (Wildman–Crippen LogP) is 1.55. The van der Waals surface area contributed by atoms with Crippen LogP contribution in [0.25, 0.3) is 0 Å². The molecule has 0 aromatic heterocycles. The number of thioether (sulfide) groups is 1. The van der Waals surface area contributed by atoms with Crippen LogP contribution in [0.2, 0.25) is 0 Å². The molecule has 1 atom stereocenters. The highest BCUT2D eigenvalue weighted by Crippen LogP contribution is 2.08. The van der Waals surface area contributed by atoms with Crippen LogP contribution in [0.3, 0.4) is 0 Å². The molecule has 0 bridgehead atoms. The molecule has 0 aliphatic heterocycles. The summed E-state index contributed by atoms with van der Waals surface area (Å²) in [6.07, 6.45) is 3.42. The van der Waals surface area contributed by atoms with Crippen molar-refractivity contribution >= 4 is 17.7 Å². The Bertz CT molecular complexity index is 221. The van der Waals surface area contributed by atoms with Crippen molar-refractivity contribution in [1.82, 2.24) is 4.90 Å². The largest absolute Gasteiger partial charge is 0.396 e. The van der Waals surface area contributed by atoms with Gasteiger partial charge in [0, 0.05) is 19.7 Å². The quantitative estimate of drug-likeness (QED) is 0.625. The lowest BCUT2D eigenvalue weighted by molar-refractivity contribution is -0.127. The zero-order chi connectivity index (χ0) is 12.4. The molecule has 0 aliphatic rings. The summed E-state index contributed by atoms with van der Waals surface area (Å²) in [6.45, 7) is 10.5. The third-order valence-corrected chi connectivity index (χ3v) is 3.25. The molecular formula is C12H21NO2S. The standard InChI is InChI=1S/C12H21NO2S/c1-4-6-13(7-5-2)12(15)10-16-9-11(3)8-14/h4-5,11,14H,1-2,6-10H2,3H3. The lowest BCUT2D eigenvalue weighted by atomic mass is 10.2. The smallest absolute Gasteiger partial charge is 0.233 e. The van der Waals surface area contributed by atoms with Crippen LogP contribution in [0, 0.1) is 5.92 Å². The number of aliphatic hydroxyl groups excluding tert-OH is 1. The van der Waals surface area contributed by atoms with Gasteiger partial charge in [0.15, 0.2) is 0 Å². The van der Waals surface area contributed by atoms with Gasteiger partial charge in [-0.15, -0.1) is 13.2 Å². The number of hydrogen-bond acceptors (Lipinski definition) is 3. The number of carbonyl (C=O) groups excluding carboxylic acids is 1. The van der Waals surface area contributed by atoms with Crippen molar-refractivity contribution in [3.63, 3.8) is 0 Å². The molecule has 0 aromatic carbocycles. The monoisotopic (exact) mass is 243 g/mol. The molecule has 0 fully saturated rings. The van der Waals surface area contributed by atoms with Gasteiger partial charge in [-0.25, -0.2) is 0 Å². The molecule has 0 heterocycles. The summed E-state index contributed by atoms with van der Waals surface area (Å²) in [5.74, 6) is 1.59. The molecule has 0 radical (unpaired) electrons. The second-order valence-electron chi connectivity index (χ2n) is 3.68. The summed E-state index contributed by atoms with van der Waals surface area (Å²) < 4.78 is 0. The maximum Gasteiger partial charge on any atom is 0.233 e. The van der Waals surface area contributed by atoms with Crippen LogP contribution in [0.15, 0.2) is 25.3 Å². The van der Waals surface area contributed by atoms with Gasteiger partial charge in [0.1, 0.15) is 0 Å². The van der Waals surface area contributed by atoms with E-state index in [2.05, 4.69) is 13.2 Å². The van der Waals surface area contributed by atoms with E-state index < -0.39 is 0 Å². The molecule has 0 spiro atoms. The third-order valence-electron chi connectivity index (χ3n) is 1.99. The van der Waals surface area contributed by atoms with Crippen LogP contribution >= 0.6 is 11.8 Å². The molecule has 3 nitrogen and oxygen atoms in total. The highest BCUT2D eigenvalue weighted by Gasteiger charge is 2.11. The van der Waals surface area contributed by atoms with Crippen LogP contribution in [-0.4, -0.2) is 47.1 Å². The highest BCUT2D eigenvalue weighted by molar-refractivity contribution is 7.99.